The minimum atomic E-state index is 0.727. The van der Waals surface area contributed by atoms with Gasteiger partial charge in [-0.05, 0) is 17.2 Å². The van der Waals surface area contributed by atoms with Gasteiger partial charge in [-0.15, -0.1) is 0 Å². The summed E-state index contributed by atoms with van der Waals surface area (Å²) in [5, 5.41) is 14.6. The Morgan fingerprint density at radius 2 is 1.87 bits per heavy atom. The number of hydrogen-bond donors (Lipinski definition) is 1. The first-order valence-corrected chi connectivity index (χ1v) is 5.06. The third kappa shape index (κ3) is 1.71. The van der Waals surface area contributed by atoms with Gasteiger partial charge in [-0.3, -0.25) is 0 Å². The van der Waals surface area contributed by atoms with Crippen LogP contribution in [0.3, 0.4) is 0 Å². The van der Waals surface area contributed by atoms with Crippen molar-refractivity contribution in [2.24, 2.45) is 5.16 Å². The Labute approximate surface area is 88.9 Å². The van der Waals surface area contributed by atoms with E-state index in [1.54, 1.807) is 0 Å². The zero-order valence-electron chi connectivity index (χ0n) is 8.64. The topological polar surface area (TPSA) is 32.6 Å². The third-order valence-corrected chi connectivity index (χ3v) is 2.56. The van der Waals surface area contributed by atoms with Crippen molar-refractivity contribution in [3.8, 4) is 0 Å². The second-order valence-corrected chi connectivity index (χ2v) is 3.43. The van der Waals surface area contributed by atoms with Gasteiger partial charge >= 0.3 is 0 Å². The number of oxime groups is 1. The van der Waals surface area contributed by atoms with Gasteiger partial charge in [0, 0.05) is 5.56 Å². The molecular weight excluding hydrogens is 186 g/mol. The second-order valence-electron chi connectivity index (χ2n) is 3.43. The van der Waals surface area contributed by atoms with Crippen LogP contribution in [0.25, 0.3) is 10.8 Å². The molecule has 0 aliphatic heterocycles. The molecule has 0 unspecified atom stereocenters. The molecule has 76 valence electrons. The smallest absolute Gasteiger partial charge is 0.0871 e. The maximum atomic E-state index is 8.93. The molecule has 0 amide bonds. The number of fused-ring (bicyclic) bond motifs is 1. The van der Waals surface area contributed by atoms with E-state index in [4.69, 9.17) is 5.21 Å². The van der Waals surface area contributed by atoms with E-state index in [-0.39, 0.29) is 0 Å². The van der Waals surface area contributed by atoms with Crippen LogP contribution in [0.2, 0.25) is 0 Å². The molecule has 2 rings (SSSR count). The molecule has 0 radical (unpaired) electrons. The Hall–Kier alpha value is -1.83. The molecule has 2 aromatic rings. The minimum absolute atomic E-state index is 0.727. The van der Waals surface area contributed by atoms with Crippen LogP contribution in [0.4, 0.5) is 0 Å². The van der Waals surface area contributed by atoms with Crippen LogP contribution >= 0.6 is 0 Å². The molecule has 2 nitrogen and oxygen atoms in total. The van der Waals surface area contributed by atoms with Crippen molar-refractivity contribution in [2.75, 3.05) is 0 Å². The molecule has 0 aromatic heterocycles. The van der Waals surface area contributed by atoms with Crippen molar-refractivity contribution >= 4 is 16.5 Å². The number of rotatable bonds is 2. The Balaban J connectivity index is 2.71. The van der Waals surface area contributed by atoms with Crippen molar-refractivity contribution in [2.45, 2.75) is 13.3 Å². The van der Waals surface area contributed by atoms with E-state index < -0.39 is 0 Å². The molecule has 0 atom stereocenters. The van der Waals surface area contributed by atoms with Gasteiger partial charge in [-0.25, -0.2) is 0 Å². The molecule has 0 heterocycles. The molecule has 2 heteroatoms. The van der Waals surface area contributed by atoms with Crippen molar-refractivity contribution in [3.05, 3.63) is 48.0 Å². The van der Waals surface area contributed by atoms with E-state index in [2.05, 4.69) is 17.3 Å². The Morgan fingerprint density at radius 1 is 1.13 bits per heavy atom. The highest BCUT2D eigenvalue weighted by Gasteiger charge is 2.05. The highest BCUT2D eigenvalue weighted by atomic mass is 16.4. The third-order valence-electron chi connectivity index (χ3n) is 2.56. The number of benzene rings is 2. The van der Waals surface area contributed by atoms with Gasteiger partial charge in [0.2, 0.25) is 0 Å². The maximum Gasteiger partial charge on any atom is 0.0871 e. The van der Waals surface area contributed by atoms with E-state index in [9.17, 15) is 0 Å². The lowest BCUT2D eigenvalue weighted by molar-refractivity contribution is 0.318. The van der Waals surface area contributed by atoms with E-state index in [1.807, 2.05) is 37.3 Å². The lowest BCUT2D eigenvalue weighted by Gasteiger charge is -2.06. The summed E-state index contributed by atoms with van der Waals surface area (Å²) in [5.74, 6) is 0. The van der Waals surface area contributed by atoms with Crippen molar-refractivity contribution in [3.63, 3.8) is 0 Å². The summed E-state index contributed by atoms with van der Waals surface area (Å²) < 4.78 is 0. The first-order valence-electron chi connectivity index (χ1n) is 5.06. The first kappa shape index (κ1) is 9.71. The normalized spacial score (nSPS) is 11.9. The molecule has 0 saturated heterocycles. The van der Waals surface area contributed by atoms with E-state index in [0.717, 1.165) is 23.1 Å². The summed E-state index contributed by atoms with van der Waals surface area (Å²) >= 11 is 0. The van der Waals surface area contributed by atoms with Crippen molar-refractivity contribution in [1.29, 1.82) is 0 Å². The van der Waals surface area contributed by atoms with Gasteiger partial charge in [0.25, 0.3) is 0 Å². The summed E-state index contributed by atoms with van der Waals surface area (Å²) in [5.41, 5.74) is 1.74. The summed E-state index contributed by atoms with van der Waals surface area (Å²) in [4.78, 5) is 0. The molecule has 15 heavy (non-hydrogen) atoms. The van der Waals surface area contributed by atoms with Gasteiger partial charge in [0.05, 0.1) is 5.71 Å². The SMILES string of the molecule is CCC(=NO)c1cccc2ccccc12. The Bertz CT molecular complexity index is 497. The first-order chi connectivity index (χ1) is 7.36. The lowest BCUT2D eigenvalue weighted by atomic mass is 10.00. The molecule has 0 aliphatic carbocycles. The average molecular weight is 199 g/mol. The van der Waals surface area contributed by atoms with Gasteiger partial charge in [-0.1, -0.05) is 54.5 Å². The van der Waals surface area contributed by atoms with E-state index in [1.165, 1.54) is 5.39 Å². The van der Waals surface area contributed by atoms with Gasteiger partial charge in [-0.2, -0.15) is 0 Å². The lowest BCUT2D eigenvalue weighted by Crippen LogP contribution is -1.99. The van der Waals surface area contributed by atoms with Crippen molar-refractivity contribution in [1.82, 2.24) is 0 Å². The molecule has 1 N–H and O–H groups in total. The monoisotopic (exact) mass is 199 g/mol. The molecule has 0 fully saturated rings. The summed E-state index contributed by atoms with van der Waals surface area (Å²) in [6, 6.07) is 14.1. The highest BCUT2D eigenvalue weighted by molar-refractivity contribution is 6.10. The quantitative estimate of drug-likeness (QED) is 0.448. The Kier molecular flexibility index (Phi) is 2.68. The van der Waals surface area contributed by atoms with Crippen LogP contribution in [0.15, 0.2) is 47.6 Å². The zero-order chi connectivity index (χ0) is 10.7. The average Bonchev–Trinajstić information content (AvgIpc) is 2.31. The summed E-state index contributed by atoms with van der Waals surface area (Å²) in [7, 11) is 0. The molecule has 2 aromatic carbocycles. The highest BCUT2D eigenvalue weighted by Crippen LogP contribution is 2.19. The maximum absolute atomic E-state index is 8.93. The van der Waals surface area contributed by atoms with Crippen LogP contribution in [0.1, 0.15) is 18.9 Å². The van der Waals surface area contributed by atoms with Crippen molar-refractivity contribution < 1.29 is 5.21 Å². The van der Waals surface area contributed by atoms with Gasteiger partial charge in [0.15, 0.2) is 0 Å². The summed E-state index contributed by atoms with van der Waals surface area (Å²) in [6.07, 6.45) is 0.727. The fourth-order valence-corrected chi connectivity index (χ4v) is 1.79. The molecule has 0 saturated carbocycles. The molecule has 0 aliphatic rings. The van der Waals surface area contributed by atoms with Crippen LogP contribution in [-0.4, -0.2) is 10.9 Å². The second kappa shape index (κ2) is 4.13. The fraction of sp³-hybridized carbons (Fsp3) is 0.154. The van der Waals surface area contributed by atoms with E-state index in [0.29, 0.717) is 0 Å². The molecular formula is C13H13NO. The number of hydrogen-bond acceptors (Lipinski definition) is 2. The number of nitrogens with zero attached hydrogens (tertiary/aromatic N) is 1. The van der Waals surface area contributed by atoms with E-state index >= 15 is 0 Å². The fourth-order valence-electron chi connectivity index (χ4n) is 1.79. The van der Waals surface area contributed by atoms with Crippen LogP contribution in [0, 0.1) is 0 Å². The van der Waals surface area contributed by atoms with Crippen LogP contribution < -0.4 is 0 Å². The van der Waals surface area contributed by atoms with Gasteiger partial charge < -0.3 is 5.21 Å². The standard InChI is InChI=1S/C13H13NO/c1-2-13(14-15)12-9-5-7-10-6-3-4-8-11(10)12/h3-9,15H,2H2,1H3. The predicted molar refractivity (Wildman–Crippen MR) is 62.6 cm³/mol. The molecule has 0 spiro atoms. The Morgan fingerprint density at radius 3 is 2.60 bits per heavy atom. The molecule has 0 bridgehead atoms. The largest absolute Gasteiger partial charge is 0.411 e. The van der Waals surface area contributed by atoms with Crippen LogP contribution in [-0.2, 0) is 0 Å². The predicted octanol–water partition coefficient (Wildman–Crippen LogP) is 3.43. The zero-order valence-corrected chi connectivity index (χ0v) is 8.64. The minimum Gasteiger partial charge on any atom is -0.411 e. The van der Waals surface area contributed by atoms with Gasteiger partial charge in [0.1, 0.15) is 0 Å². The summed E-state index contributed by atoms with van der Waals surface area (Å²) in [6.45, 7) is 1.98. The van der Waals surface area contributed by atoms with Crippen LogP contribution in [0.5, 0.6) is 0 Å².